The van der Waals surface area contributed by atoms with Gasteiger partial charge in [0.25, 0.3) is 0 Å². The van der Waals surface area contributed by atoms with Crippen molar-refractivity contribution >= 4 is 5.91 Å². The minimum absolute atomic E-state index is 0.0608. The standard InChI is InChI=1S/C50H99NO3/c1-3-5-7-9-11-13-14-15-16-17-18-19-20-21-22-23-24-25-26-27-28-29-30-31-32-33-34-35-36-38-40-42-44-46-50(54)51-48(47-52)49(53)45-43-41-39-37-12-10-8-6-4-2/h43,45,48-49,52-53H,3-42,44,46-47H2,1-2H3,(H,51,54)/b45-43+/t48-,49+/m0/s1. The van der Waals surface area contributed by atoms with E-state index >= 15 is 0 Å². The average molecular weight is 762 g/mol. The zero-order valence-corrected chi connectivity index (χ0v) is 37.0. The van der Waals surface area contributed by atoms with Crippen molar-refractivity contribution in [3.05, 3.63) is 12.2 Å². The molecule has 0 radical (unpaired) electrons. The average Bonchev–Trinajstić information content (AvgIpc) is 3.18. The van der Waals surface area contributed by atoms with Crippen LogP contribution in [0.2, 0.25) is 0 Å². The maximum absolute atomic E-state index is 12.4. The van der Waals surface area contributed by atoms with Crippen LogP contribution in [-0.4, -0.2) is 34.9 Å². The van der Waals surface area contributed by atoms with E-state index in [-0.39, 0.29) is 12.5 Å². The Labute approximate surface area is 339 Å². The molecule has 0 aliphatic heterocycles. The van der Waals surface area contributed by atoms with Crippen LogP contribution in [0.4, 0.5) is 0 Å². The molecule has 0 aromatic heterocycles. The molecule has 0 saturated carbocycles. The van der Waals surface area contributed by atoms with Gasteiger partial charge in [0.2, 0.25) is 5.91 Å². The summed E-state index contributed by atoms with van der Waals surface area (Å²) in [7, 11) is 0. The van der Waals surface area contributed by atoms with E-state index in [1.807, 2.05) is 6.08 Å². The Morgan fingerprint density at radius 1 is 0.426 bits per heavy atom. The van der Waals surface area contributed by atoms with E-state index in [2.05, 4.69) is 19.2 Å². The molecule has 0 rings (SSSR count). The first-order chi connectivity index (χ1) is 26.7. The van der Waals surface area contributed by atoms with Gasteiger partial charge in [0.1, 0.15) is 0 Å². The second-order valence-corrected chi connectivity index (χ2v) is 17.2. The lowest BCUT2D eigenvalue weighted by Crippen LogP contribution is -2.45. The molecule has 0 aromatic carbocycles. The number of aliphatic hydroxyl groups is 2. The Bertz CT molecular complexity index is 739. The van der Waals surface area contributed by atoms with Crippen molar-refractivity contribution in [2.75, 3.05) is 6.61 Å². The smallest absolute Gasteiger partial charge is 0.220 e. The molecule has 2 atom stereocenters. The van der Waals surface area contributed by atoms with Crippen molar-refractivity contribution in [3.8, 4) is 0 Å². The topological polar surface area (TPSA) is 69.6 Å². The lowest BCUT2D eigenvalue weighted by Gasteiger charge is -2.20. The molecule has 4 nitrogen and oxygen atoms in total. The molecular weight excluding hydrogens is 663 g/mol. The molecule has 0 heterocycles. The zero-order valence-electron chi connectivity index (χ0n) is 37.0. The third-order valence-corrected chi connectivity index (χ3v) is 11.8. The lowest BCUT2D eigenvalue weighted by molar-refractivity contribution is -0.123. The Morgan fingerprint density at radius 2 is 0.685 bits per heavy atom. The molecule has 0 aromatic rings. The van der Waals surface area contributed by atoms with E-state index in [0.717, 1.165) is 25.7 Å². The summed E-state index contributed by atoms with van der Waals surface area (Å²) in [5.74, 6) is -0.0608. The van der Waals surface area contributed by atoms with Crippen molar-refractivity contribution in [3.63, 3.8) is 0 Å². The molecule has 4 heteroatoms. The van der Waals surface area contributed by atoms with Gasteiger partial charge in [-0.15, -0.1) is 0 Å². The van der Waals surface area contributed by atoms with E-state index in [0.29, 0.717) is 6.42 Å². The Morgan fingerprint density at radius 3 is 0.963 bits per heavy atom. The maximum atomic E-state index is 12.4. The zero-order chi connectivity index (χ0) is 39.3. The maximum Gasteiger partial charge on any atom is 0.220 e. The van der Waals surface area contributed by atoms with E-state index in [4.69, 9.17) is 0 Å². The van der Waals surface area contributed by atoms with Crippen LogP contribution in [0, 0.1) is 0 Å². The van der Waals surface area contributed by atoms with Crippen LogP contribution >= 0.6 is 0 Å². The van der Waals surface area contributed by atoms with Crippen LogP contribution in [0.3, 0.4) is 0 Å². The second kappa shape index (κ2) is 46.5. The van der Waals surface area contributed by atoms with E-state index in [1.54, 1.807) is 6.08 Å². The summed E-state index contributed by atoms with van der Waals surface area (Å²) in [5.41, 5.74) is 0. The number of carbonyl (C=O) groups excluding carboxylic acids is 1. The minimum atomic E-state index is -0.832. The number of aliphatic hydroxyl groups excluding tert-OH is 2. The minimum Gasteiger partial charge on any atom is -0.394 e. The Hall–Kier alpha value is -0.870. The summed E-state index contributed by atoms with van der Waals surface area (Å²) in [6, 6.07) is -0.615. The molecule has 322 valence electrons. The van der Waals surface area contributed by atoms with Crippen molar-refractivity contribution < 1.29 is 15.0 Å². The van der Waals surface area contributed by atoms with Crippen LogP contribution in [0.15, 0.2) is 12.2 Å². The molecule has 0 fully saturated rings. The lowest BCUT2D eigenvalue weighted by atomic mass is 10.0. The van der Waals surface area contributed by atoms with Crippen LogP contribution in [0.5, 0.6) is 0 Å². The summed E-state index contributed by atoms with van der Waals surface area (Å²) < 4.78 is 0. The largest absolute Gasteiger partial charge is 0.394 e. The van der Waals surface area contributed by atoms with Crippen LogP contribution in [-0.2, 0) is 4.79 Å². The van der Waals surface area contributed by atoms with Gasteiger partial charge in [-0.05, 0) is 19.3 Å². The van der Waals surface area contributed by atoms with E-state index in [1.165, 1.54) is 238 Å². The van der Waals surface area contributed by atoms with Gasteiger partial charge in [-0.1, -0.05) is 270 Å². The molecule has 54 heavy (non-hydrogen) atoms. The first kappa shape index (κ1) is 53.1. The fourth-order valence-electron chi connectivity index (χ4n) is 7.95. The quantitative estimate of drug-likeness (QED) is 0.0427. The predicted molar refractivity (Wildman–Crippen MR) is 239 cm³/mol. The SMILES string of the molecule is CCCCCCCCC/C=C/[C@@H](O)[C@H](CO)NC(=O)CCCCCCCCCCCCCCCCCCCCCCCCCCCCCCCCCCC. The molecule has 3 N–H and O–H groups in total. The third-order valence-electron chi connectivity index (χ3n) is 11.8. The summed E-state index contributed by atoms with van der Waals surface area (Å²) >= 11 is 0. The third kappa shape index (κ3) is 42.3. The molecule has 0 aliphatic rings. The van der Waals surface area contributed by atoms with E-state index < -0.39 is 12.1 Å². The number of hydrogen-bond donors (Lipinski definition) is 3. The monoisotopic (exact) mass is 762 g/mol. The van der Waals surface area contributed by atoms with Gasteiger partial charge in [0, 0.05) is 6.42 Å². The van der Waals surface area contributed by atoms with Crippen molar-refractivity contribution in [2.24, 2.45) is 0 Å². The number of nitrogens with one attached hydrogen (secondary N) is 1. The molecule has 0 aliphatic carbocycles. The highest BCUT2D eigenvalue weighted by Gasteiger charge is 2.18. The fraction of sp³-hybridized carbons (Fsp3) is 0.940. The molecule has 0 saturated heterocycles. The van der Waals surface area contributed by atoms with Gasteiger partial charge in [-0.2, -0.15) is 0 Å². The Kier molecular flexibility index (Phi) is 45.8. The van der Waals surface area contributed by atoms with Gasteiger partial charge in [0.05, 0.1) is 18.8 Å². The summed E-state index contributed by atoms with van der Waals surface area (Å²) in [6.45, 7) is 4.30. The highest BCUT2D eigenvalue weighted by Crippen LogP contribution is 2.17. The highest BCUT2D eigenvalue weighted by atomic mass is 16.3. The number of allylic oxidation sites excluding steroid dienone is 1. The van der Waals surface area contributed by atoms with Gasteiger partial charge in [-0.3, -0.25) is 4.79 Å². The number of unbranched alkanes of at least 4 members (excludes halogenated alkanes) is 39. The first-order valence-electron chi connectivity index (χ1n) is 24.9. The summed E-state index contributed by atoms with van der Waals surface area (Å²) in [4.78, 5) is 12.4. The van der Waals surface area contributed by atoms with Crippen LogP contribution < -0.4 is 5.32 Å². The van der Waals surface area contributed by atoms with Gasteiger partial charge in [0.15, 0.2) is 0 Å². The fourth-order valence-corrected chi connectivity index (χ4v) is 7.95. The van der Waals surface area contributed by atoms with Gasteiger partial charge >= 0.3 is 0 Å². The highest BCUT2D eigenvalue weighted by molar-refractivity contribution is 5.76. The second-order valence-electron chi connectivity index (χ2n) is 17.2. The number of hydrogen-bond acceptors (Lipinski definition) is 3. The summed E-state index contributed by atoms with van der Waals surface area (Å²) in [6.07, 6.45) is 59.5. The van der Waals surface area contributed by atoms with Crippen molar-refractivity contribution in [1.82, 2.24) is 5.32 Å². The molecule has 1 amide bonds. The summed E-state index contributed by atoms with van der Waals surface area (Å²) in [5, 5.41) is 22.9. The molecular formula is C50H99NO3. The molecule has 0 bridgehead atoms. The van der Waals surface area contributed by atoms with Crippen molar-refractivity contribution in [2.45, 2.75) is 296 Å². The predicted octanol–water partition coefficient (Wildman–Crippen LogP) is 15.8. The van der Waals surface area contributed by atoms with Gasteiger partial charge in [-0.25, -0.2) is 0 Å². The van der Waals surface area contributed by atoms with E-state index in [9.17, 15) is 15.0 Å². The van der Waals surface area contributed by atoms with Gasteiger partial charge < -0.3 is 15.5 Å². The molecule has 0 spiro atoms. The molecule has 0 unspecified atom stereocenters. The first-order valence-corrected chi connectivity index (χ1v) is 24.9. The Balaban J connectivity index is 3.34. The number of amides is 1. The van der Waals surface area contributed by atoms with Crippen LogP contribution in [0.25, 0.3) is 0 Å². The number of rotatable bonds is 46. The van der Waals surface area contributed by atoms with Crippen LogP contribution in [0.1, 0.15) is 284 Å². The normalized spacial score (nSPS) is 12.9. The number of carbonyl (C=O) groups is 1. The van der Waals surface area contributed by atoms with Crippen molar-refractivity contribution in [1.29, 1.82) is 0 Å².